The summed E-state index contributed by atoms with van der Waals surface area (Å²) in [6.07, 6.45) is -39.0. The smallest absolute Gasteiger partial charge is 0.313 e. The molecule has 35 nitrogen and oxygen atoms in total. The molecule has 0 aromatic carbocycles. The molecule has 30 atom stereocenters. The lowest BCUT2D eigenvalue weighted by Crippen LogP contribution is -2.62. The van der Waals surface area contributed by atoms with Gasteiger partial charge in [-0.15, -0.1) is 0 Å². The standard InChI is InChI=1S/2C14H26O10.3C9H20O5/c1-5(2)3-6-9(17)12(20)14(21,23-6)24-13-11(19)10(18)8(16)7(4-15)22-13;1-5(2)3-6-8(16)10(18)11(19)13(22-6)24-14(21)12(20)9(17)7(4-15)23-14;3*1-5(2)3-6(11)8(13)9(14)7(12)4-10/h2*5-13,15-21H,3-4H2,1-2H3;3*5-14H,3-4H2,1-2H3/t2*6-,7-,8-,9-,10+,11-,12+,13?,14-;6-,7+,8+,9+;6-,7+,8-,9-;6-,7-,8-,9-/m11011/s1. The Morgan fingerprint density at radius 3 is 0.833 bits per heavy atom. The second-order valence-corrected chi connectivity index (χ2v) is 25.1. The van der Waals surface area contributed by atoms with Crippen molar-refractivity contribution in [2.45, 2.75) is 285 Å². The zero-order chi connectivity index (χ0) is 70.4. The molecule has 542 valence electrons. The third-order valence-corrected chi connectivity index (χ3v) is 14.6. The van der Waals surface area contributed by atoms with Gasteiger partial charge in [-0.3, -0.25) is 9.47 Å². The number of hydrogen-bond acceptors (Lipinski definition) is 35. The van der Waals surface area contributed by atoms with E-state index in [4.69, 9.17) is 69.3 Å². The molecule has 0 aliphatic carbocycles. The zero-order valence-corrected chi connectivity index (χ0v) is 52.5. The fraction of sp³-hybridized carbons (Fsp3) is 1.00. The van der Waals surface area contributed by atoms with Crippen molar-refractivity contribution in [3.05, 3.63) is 0 Å². The van der Waals surface area contributed by atoms with Crippen molar-refractivity contribution in [2.24, 2.45) is 29.6 Å². The molecular weight excluding hydrogens is 1220 g/mol. The van der Waals surface area contributed by atoms with Crippen LogP contribution >= 0.6 is 0 Å². The van der Waals surface area contributed by atoms with Crippen LogP contribution in [0.25, 0.3) is 0 Å². The third-order valence-electron chi connectivity index (χ3n) is 14.6. The minimum atomic E-state index is -2.75. The van der Waals surface area contributed by atoms with Gasteiger partial charge in [0.2, 0.25) is 0 Å². The fourth-order valence-electron chi connectivity index (χ4n) is 9.27. The van der Waals surface area contributed by atoms with Crippen molar-refractivity contribution < 1.29 is 177 Å². The minimum Gasteiger partial charge on any atom is -0.394 e. The van der Waals surface area contributed by atoms with Crippen molar-refractivity contribution in [1.29, 1.82) is 0 Å². The first-order valence-electron chi connectivity index (χ1n) is 29.9. The van der Waals surface area contributed by atoms with Crippen LogP contribution in [0.1, 0.15) is 101 Å². The van der Waals surface area contributed by atoms with Crippen LogP contribution in [0.2, 0.25) is 0 Å². The molecule has 0 amide bonds. The predicted molar refractivity (Wildman–Crippen MR) is 304 cm³/mol. The first kappa shape index (κ1) is 88.6. The van der Waals surface area contributed by atoms with E-state index in [0.29, 0.717) is 32.1 Å². The highest BCUT2D eigenvalue weighted by atomic mass is 16.9. The Balaban J connectivity index is 0.00000113. The first-order chi connectivity index (χ1) is 41.4. The number of ether oxygens (including phenoxy) is 6. The molecule has 0 aromatic rings. The Kier molecular flexibility index (Phi) is 41.0. The van der Waals surface area contributed by atoms with Crippen LogP contribution in [0, 0.1) is 29.6 Å². The minimum absolute atomic E-state index is 0.102. The summed E-state index contributed by atoms with van der Waals surface area (Å²) in [5.41, 5.74) is 0. The third kappa shape index (κ3) is 27.2. The highest BCUT2D eigenvalue weighted by molar-refractivity contribution is 4.96. The maximum atomic E-state index is 10.3. The van der Waals surface area contributed by atoms with Crippen molar-refractivity contribution in [3.63, 3.8) is 0 Å². The molecule has 2 unspecified atom stereocenters. The van der Waals surface area contributed by atoms with E-state index in [1.165, 1.54) is 0 Å². The van der Waals surface area contributed by atoms with Crippen molar-refractivity contribution in [2.75, 3.05) is 33.0 Å². The summed E-state index contributed by atoms with van der Waals surface area (Å²) in [6.45, 7) is 15.3. The number of aliphatic hydroxyl groups excluding tert-OH is 27. The van der Waals surface area contributed by atoms with Gasteiger partial charge in [-0.1, -0.05) is 69.2 Å². The summed E-state index contributed by atoms with van der Waals surface area (Å²) in [5.74, 6) is -4.68. The van der Waals surface area contributed by atoms with Gasteiger partial charge in [0.15, 0.2) is 24.8 Å². The quantitative estimate of drug-likeness (QED) is 0.0324. The Bertz CT molecular complexity index is 1770. The SMILES string of the molecule is CC(C)C[C@@H](O)[C@@H](O)[C@H](O)[C@@H](O)CO.CC(C)C[C@@H](O)[C@@H](O)[C@H](O)[C@H](O)CO.CC(C)C[C@H](O)[C@@H](O)[C@H](O)[C@H](O)CO.CC(C)C[C@H]1OC(O[C@]2(O)O[C@H](CO)[C@@H](O)[C@@H]2O)[C@H](O)[C@@H](O)[C@@H]1O.CC(C)C[C@H]1O[C@@](O)(OC2O[C@H](CO)[C@@H](O)[C@H](O)[C@H]2O)[C@@H](O)[C@@H]1O. The fourth-order valence-corrected chi connectivity index (χ4v) is 9.27. The van der Waals surface area contributed by atoms with Gasteiger partial charge in [-0.25, -0.2) is 0 Å². The molecule has 4 aliphatic heterocycles. The average molecular weight is 1330 g/mol. The number of rotatable bonds is 28. The molecule has 4 fully saturated rings. The molecule has 4 heterocycles. The molecule has 4 saturated heterocycles. The van der Waals surface area contributed by atoms with E-state index >= 15 is 0 Å². The van der Waals surface area contributed by atoms with E-state index in [-0.39, 0.29) is 29.6 Å². The molecule has 0 bridgehead atoms. The Morgan fingerprint density at radius 2 is 0.567 bits per heavy atom. The summed E-state index contributed by atoms with van der Waals surface area (Å²) < 4.78 is 30.7. The Hall–Kier alpha value is -1.40. The van der Waals surface area contributed by atoms with Crippen LogP contribution in [0.5, 0.6) is 0 Å². The van der Waals surface area contributed by atoms with Crippen molar-refractivity contribution >= 4 is 0 Å². The van der Waals surface area contributed by atoms with Crippen LogP contribution in [0.15, 0.2) is 0 Å². The Labute approximate surface area is 522 Å². The van der Waals surface area contributed by atoms with Gasteiger partial charge in [-0.2, -0.15) is 0 Å². The monoisotopic (exact) mass is 1330 g/mol. The van der Waals surface area contributed by atoms with Gasteiger partial charge in [0, 0.05) is 0 Å². The maximum Gasteiger partial charge on any atom is 0.313 e. The molecular formula is C55H112O35. The number of hydrogen-bond donors (Lipinski definition) is 29. The zero-order valence-electron chi connectivity index (χ0n) is 52.5. The second kappa shape index (κ2) is 41.6. The van der Waals surface area contributed by atoms with E-state index in [2.05, 4.69) is 0 Å². The van der Waals surface area contributed by atoms with Crippen molar-refractivity contribution in [1.82, 2.24) is 0 Å². The molecule has 35 heteroatoms. The maximum absolute atomic E-state index is 10.3. The lowest BCUT2D eigenvalue weighted by molar-refractivity contribution is -0.442. The molecule has 0 aromatic heterocycles. The van der Waals surface area contributed by atoms with Gasteiger partial charge >= 0.3 is 11.9 Å². The summed E-state index contributed by atoms with van der Waals surface area (Å²) >= 11 is 0. The van der Waals surface area contributed by atoms with Gasteiger partial charge in [-0.05, 0) is 61.7 Å². The first-order valence-corrected chi connectivity index (χ1v) is 29.9. The highest BCUT2D eigenvalue weighted by Crippen LogP contribution is 2.38. The van der Waals surface area contributed by atoms with Crippen LogP contribution in [-0.2, 0) is 28.4 Å². The highest BCUT2D eigenvalue weighted by Gasteiger charge is 2.60. The summed E-state index contributed by atoms with van der Waals surface area (Å²) in [7, 11) is 0. The van der Waals surface area contributed by atoms with E-state index in [1.54, 1.807) is 0 Å². The van der Waals surface area contributed by atoms with E-state index in [9.17, 15) is 107 Å². The Morgan fingerprint density at radius 1 is 0.311 bits per heavy atom. The molecule has 0 radical (unpaired) electrons. The van der Waals surface area contributed by atoms with Crippen LogP contribution in [0.4, 0.5) is 0 Å². The lowest BCUT2D eigenvalue weighted by atomic mass is 9.93. The topological polar surface area (TPSA) is 642 Å². The van der Waals surface area contributed by atoms with Gasteiger partial charge in [0.1, 0.15) is 116 Å². The summed E-state index contributed by atoms with van der Waals surface area (Å²) in [4.78, 5) is 0. The molecule has 4 aliphatic rings. The summed E-state index contributed by atoms with van der Waals surface area (Å²) in [5, 5.41) is 274. The largest absolute Gasteiger partial charge is 0.394 e. The van der Waals surface area contributed by atoms with Crippen LogP contribution in [-0.4, -0.2) is 364 Å². The average Bonchev–Trinajstić information content (AvgIpc) is 1.80. The predicted octanol–water partition coefficient (Wildman–Crippen LogP) is -11.4. The molecule has 0 saturated carbocycles. The van der Waals surface area contributed by atoms with Gasteiger partial charge < -0.3 is 167 Å². The van der Waals surface area contributed by atoms with Crippen molar-refractivity contribution in [3.8, 4) is 0 Å². The second-order valence-electron chi connectivity index (χ2n) is 25.1. The summed E-state index contributed by atoms with van der Waals surface area (Å²) in [6, 6.07) is 0. The molecule has 90 heavy (non-hydrogen) atoms. The van der Waals surface area contributed by atoms with Crippen LogP contribution in [0.3, 0.4) is 0 Å². The molecule has 0 spiro atoms. The van der Waals surface area contributed by atoms with Gasteiger partial charge in [0.05, 0.1) is 63.6 Å². The molecule has 4 rings (SSSR count). The molecule has 29 N–H and O–H groups in total. The number of aliphatic hydroxyl groups is 29. The van der Waals surface area contributed by atoms with Crippen LogP contribution < -0.4 is 0 Å². The van der Waals surface area contributed by atoms with E-state index in [0.717, 1.165) is 0 Å². The van der Waals surface area contributed by atoms with E-state index < -0.39 is 216 Å². The van der Waals surface area contributed by atoms with Gasteiger partial charge in [0.25, 0.3) is 0 Å². The van der Waals surface area contributed by atoms with E-state index in [1.807, 2.05) is 69.2 Å². The normalized spacial score (nSPS) is 36.1. The lowest BCUT2D eigenvalue weighted by Gasteiger charge is -2.43.